The van der Waals surface area contributed by atoms with Crippen LogP contribution < -0.4 is 10.6 Å². The minimum Gasteiger partial charge on any atom is -0.462 e. The quantitative estimate of drug-likeness (QED) is 0.215. The molecule has 32 heavy (non-hydrogen) atoms. The van der Waals surface area contributed by atoms with Gasteiger partial charge in [0.25, 0.3) is 0 Å². The summed E-state index contributed by atoms with van der Waals surface area (Å²) in [5.74, 6) is -2.69. The van der Waals surface area contributed by atoms with Crippen molar-refractivity contribution in [3.63, 3.8) is 0 Å². The zero-order chi connectivity index (χ0) is 24.9. The van der Waals surface area contributed by atoms with Gasteiger partial charge < -0.3 is 14.2 Å². The van der Waals surface area contributed by atoms with Crippen molar-refractivity contribution >= 4 is 35.8 Å². The van der Waals surface area contributed by atoms with Crippen LogP contribution in [0.5, 0.6) is 0 Å². The zero-order valence-electron chi connectivity index (χ0n) is 19.1. The number of hydrogen-bond donors (Lipinski definition) is 2. The summed E-state index contributed by atoms with van der Waals surface area (Å²) in [5.41, 5.74) is -1.20. The summed E-state index contributed by atoms with van der Waals surface area (Å²) in [4.78, 5) is 66.7. The second kappa shape index (κ2) is 13.9. The lowest BCUT2D eigenvalue weighted by molar-refractivity contribution is -0.163. The molecule has 0 radical (unpaired) electrons. The number of carbonyl (C=O) groups is 6. The van der Waals surface area contributed by atoms with E-state index in [1.165, 1.54) is 20.8 Å². The first-order valence-electron chi connectivity index (χ1n) is 10.1. The van der Waals surface area contributed by atoms with Crippen LogP contribution in [0, 0.1) is 11.3 Å². The van der Waals surface area contributed by atoms with Crippen LogP contribution in [0.25, 0.3) is 0 Å². The van der Waals surface area contributed by atoms with E-state index in [-0.39, 0.29) is 25.6 Å². The number of imide groups is 2. The standard InChI is InChI=1S/C12H18N2O3.C9H14O6/c1-4-6-8(3)12(7-5-2)9(15)13-11(17)14-10(12)16;1-6(10)13-4-9(15-8(3)12)5-14-7(2)11/h5,8H,2,4,6-7H2,1,3H3,(H2,13,14,15,16,17);9H,4-5H2,1-3H3. The maximum absolute atomic E-state index is 12.0. The Kier molecular flexibility index (Phi) is 12.5. The summed E-state index contributed by atoms with van der Waals surface area (Å²) in [7, 11) is 0. The average molecular weight is 456 g/mol. The molecule has 2 N–H and O–H groups in total. The number of amides is 4. The molecule has 0 aliphatic carbocycles. The maximum atomic E-state index is 12.0. The van der Waals surface area contributed by atoms with E-state index in [4.69, 9.17) is 4.74 Å². The lowest BCUT2D eigenvalue weighted by atomic mass is 9.69. The largest absolute Gasteiger partial charge is 0.462 e. The second-order valence-electron chi connectivity index (χ2n) is 7.23. The molecule has 1 fully saturated rings. The van der Waals surface area contributed by atoms with E-state index < -0.39 is 47.3 Å². The molecule has 1 unspecified atom stereocenters. The van der Waals surface area contributed by atoms with Gasteiger partial charge >= 0.3 is 23.9 Å². The molecule has 11 heteroatoms. The second-order valence-corrected chi connectivity index (χ2v) is 7.23. The van der Waals surface area contributed by atoms with Gasteiger partial charge in [0.15, 0.2) is 6.10 Å². The third-order valence-corrected chi connectivity index (χ3v) is 4.57. The highest BCUT2D eigenvalue weighted by molar-refractivity contribution is 6.19. The zero-order valence-corrected chi connectivity index (χ0v) is 19.1. The molecule has 11 nitrogen and oxygen atoms in total. The first kappa shape index (κ1) is 28.8. The number of carbonyl (C=O) groups excluding carboxylic acids is 6. The topological polar surface area (TPSA) is 154 Å². The number of esters is 3. The number of ether oxygens (including phenoxy) is 3. The summed E-state index contributed by atoms with van der Waals surface area (Å²) >= 11 is 0. The monoisotopic (exact) mass is 456 g/mol. The van der Waals surface area contributed by atoms with Gasteiger partial charge in [-0.25, -0.2) is 4.79 Å². The number of allylic oxidation sites excluding steroid dienone is 1. The Labute approximate surface area is 187 Å². The molecule has 0 aromatic heterocycles. The molecule has 1 rings (SSSR count). The fourth-order valence-corrected chi connectivity index (χ4v) is 3.08. The minimum absolute atomic E-state index is 0.123. The van der Waals surface area contributed by atoms with Gasteiger partial charge in [0.2, 0.25) is 11.8 Å². The van der Waals surface area contributed by atoms with E-state index in [0.717, 1.165) is 12.8 Å². The highest BCUT2D eigenvalue weighted by atomic mass is 16.6. The van der Waals surface area contributed by atoms with Gasteiger partial charge in [0.1, 0.15) is 18.6 Å². The molecule has 0 saturated carbocycles. The van der Waals surface area contributed by atoms with E-state index in [1.54, 1.807) is 6.08 Å². The van der Waals surface area contributed by atoms with E-state index in [9.17, 15) is 28.8 Å². The Morgan fingerprint density at radius 2 is 1.44 bits per heavy atom. The number of urea groups is 1. The van der Waals surface area contributed by atoms with Gasteiger partial charge in [0.05, 0.1) is 0 Å². The Hall–Kier alpha value is -3.24. The normalized spacial score (nSPS) is 15.4. The predicted octanol–water partition coefficient (Wildman–Crippen LogP) is 1.40. The molecular formula is C21H32N2O9. The lowest BCUT2D eigenvalue weighted by Crippen LogP contribution is -2.64. The van der Waals surface area contributed by atoms with Crippen LogP contribution in [-0.4, -0.2) is 55.1 Å². The van der Waals surface area contributed by atoms with Crippen molar-refractivity contribution in [2.45, 2.75) is 60.0 Å². The fraction of sp³-hybridized carbons (Fsp3) is 0.619. The van der Waals surface area contributed by atoms with Crippen molar-refractivity contribution in [2.75, 3.05) is 13.2 Å². The van der Waals surface area contributed by atoms with Gasteiger partial charge in [-0.2, -0.15) is 0 Å². The highest BCUT2D eigenvalue weighted by Crippen LogP contribution is 2.37. The van der Waals surface area contributed by atoms with Crippen LogP contribution >= 0.6 is 0 Å². The SMILES string of the molecule is C=CCC1(C(C)CCC)C(=O)NC(=O)NC1=O.CC(=O)OCC(COC(C)=O)OC(C)=O. The summed E-state index contributed by atoms with van der Waals surface area (Å²) in [6, 6.07) is -0.747. The van der Waals surface area contributed by atoms with Gasteiger partial charge in [-0.1, -0.05) is 26.3 Å². The summed E-state index contributed by atoms with van der Waals surface area (Å²) < 4.78 is 14.0. The van der Waals surface area contributed by atoms with Crippen LogP contribution in [0.15, 0.2) is 12.7 Å². The van der Waals surface area contributed by atoms with Crippen molar-refractivity contribution in [3.8, 4) is 0 Å². The van der Waals surface area contributed by atoms with Crippen LogP contribution in [-0.2, 0) is 38.2 Å². The molecule has 0 spiro atoms. The number of rotatable bonds is 10. The number of barbiturate groups is 1. The Morgan fingerprint density at radius 1 is 0.969 bits per heavy atom. The first-order chi connectivity index (χ1) is 14.9. The molecule has 1 atom stereocenters. The molecule has 4 amide bonds. The third kappa shape index (κ3) is 9.27. The maximum Gasteiger partial charge on any atom is 0.328 e. The fourth-order valence-electron chi connectivity index (χ4n) is 3.08. The van der Waals surface area contributed by atoms with Crippen molar-refractivity contribution < 1.29 is 43.0 Å². The summed E-state index contributed by atoms with van der Waals surface area (Å²) in [6.07, 6.45) is 2.63. The Bertz CT molecular complexity index is 695. The Morgan fingerprint density at radius 3 is 1.78 bits per heavy atom. The molecule has 0 aromatic rings. The van der Waals surface area contributed by atoms with Crippen LogP contribution in [0.2, 0.25) is 0 Å². The summed E-state index contributed by atoms with van der Waals surface area (Å²) in [6.45, 7) is 10.9. The molecule has 1 aliphatic rings. The van der Waals surface area contributed by atoms with Crippen LogP contribution in [0.4, 0.5) is 4.79 Å². The van der Waals surface area contributed by atoms with Gasteiger partial charge in [0, 0.05) is 20.8 Å². The van der Waals surface area contributed by atoms with Crippen LogP contribution in [0.3, 0.4) is 0 Å². The molecule has 180 valence electrons. The molecular weight excluding hydrogens is 424 g/mol. The molecule has 1 aliphatic heterocycles. The minimum atomic E-state index is -1.20. The van der Waals surface area contributed by atoms with E-state index in [0.29, 0.717) is 0 Å². The van der Waals surface area contributed by atoms with Gasteiger partial charge in [-0.3, -0.25) is 34.6 Å². The number of nitrogens with one attached hydrogen (secondary N) is 2. The first-order valence-corrected chi connectivity index (χ1v) is 10.1. The van der Waals surface area contributed by atoms with Crippen molar-refractivity contribution in [1.29, 1.82) is 0 Å². The van der Waals surface area contributed by atoms with Crippen LogP contribution in [0.1, 0.15) is 53.9 Å². The van der Waals surface area contributed by atoms with Crippen molar-refractivity contribution in [2.24, 2.45) is 11.3 Å². The smallest absolute Gasteiger partial charge is 0.328 e. The van der Waals surface area contributed by atoms with E-state index >= 15 is 0 Å². The lowest BCUT2D eigenvalue weighted by Gasteiger charge is -2.37. The summed E-state index contributed by atoms with van der Waals surface area (Å²) in [5, 5.41) is 4.33. The molecule has 0 aromatic carbocycles. The molecule has 1 heterocycles. The van der Waals surface area contributed by atoms with Crippen molar-refractivity contribution in [1.82, 2.24) is 10.6 Å². The predicted molar refractivity (Wildman–Crippen MR) is 112 cm³/mol. The third-order valence-electron chi connectivity index (χ3n) is 4.57. The number of hydrogen-bond acceptors (Lipinski definition) is 9. The Balaban J connectivity index is 0.000000607. The molecule has 0 bridgehead atoms. The van der Waals surface area contributed by atoms with Gasteiger partial charge in [-0.05, 0) is 18.8 Å². The highest BCUT2D eigenvalue weighted by Gasteiger charge is 2.52. The molecule has 1 saturated heterocycles. The van der Waals surface area contributed by atoms with E-state index in [2.05, 4.69) is 26.7 Å². The average Bonchev–Trinajstić information content (AvgIpc) is 2.67. The van der Waals surface area contributed by atoms with E-state index in [1.807, 2.05) is 13.8 Å². The van der Waals surface area contributed by atoms with Crippen molar-refractivity contribution in [3.05, 3.63) is 12.7 Å². The van der Waals surface area contributed by atoms with Gasteiger partial charge in [-0.15, -0.1) is 6.58 Å².